The maximum absolute atomic E-state index is 12.8. The fraction of sp³-hybridized carbons (Fsp3) is 0.524. The predicted octanol–water partition coefficient (Wildman–Crippen LogP) is -3.09. The van der Waals surface area contributed by atoms with Crippen LogP contribution in [0.2, 0.25) is 0 Å². The number of nitrogens with two attached hydrogens (primary N) is 2. The van der Waals surface area contributed by atoms with Gasteiger partial charge in [0.15, 0.2) is 0 Å². The second kappa shape index (κ2) is 14.8. The van der Waals surface area contributed by atoms with E-state index in [4.69, 9.17) is 21.7 Å². The largest absolute Gasteiger partial charge is 0.508 e. The molecule has 1 aromatic rings. The highest BCUT2D eigenvalue weighted by molar-refractivity contribution is 5.94. The summed E-state index contributed by atoms with van der Waals surface area (Å²) in [7, 11) is 0. The number of unbranched alkanes of at least 4 members (excludes halogenated alkanes) is 1. The summed E-state index contributed by atoms with van der Waals surface area (Å²) in [4.78, 5) is 48.6. The third-order valence-corrected chi connectivity index (χ3v) is 4.92. The molecule has 3 amide bonds. The molecule has 1 aromatic carbocycles. The number of aliphatic carboxylic acids is 1. The summed E-state index contributed by atoms with van der Waals surface area (Å²) in [6.07, 6.45) is 1.36. The normalized spacial score (nSPS) is 14.4. The van der Waals surface area contributed by atoms with Crippen molar-refractivity contribution in [3.05, 3.63) is 29.8 Å². The zero-order valence-electron chi connectivity index (χ0n) is 18.6. The van der Waals surface area contributed by atoms with Crippen molar-refractivity contribution in [2.24, 2.45) is 11.5 Å². The van der Waals surface area contributed by atoms with Crippen molar-refractivity contribution < 1.29 is 39.6 Å². The Hall–Kier alpha value is -3.26. The number of phenols is 1. The van der Waals surface area contributed by atoms with Gasteiger partial charge >= 0.3 is 5.97 Å². The number of carboxylic acid groups (broad SMARTS) is 1. The lowest BCUT2D eigenvalue weighted by atomic mass is 10.0. The van der Waals surface area contributed by atoms with Gasteiger partial charge in [0.25, 0.3) is 0 Å². The Labute approximate surface area is 196 Å². The Morgan fingerprint density at radius 2 is 1.35 bits per heavy atom. The fourth-order valence-electron chi connectivity index (χ4n) is 2.94. The number of carbonyl (C=O) groups excluding carboxylic acids is 3. The van der Waals surface area contributed by atoms with Crippen LogP contribution in [0, 0.1) is 0 Å². The van der Waals surface area contributed by atoms with E-state index in [-0.39, 0.29) is 18.6 Å². The highest BCUT2D eigenvalue weighted by Crippen LogP contribution is 2.11. The molecule has 0 spiro atoms. The maximum atomic E-state index is 12.8. The first-order chi connectivity index (χ1) is 16.1. The molecule has 0 aliphatic heterocycles. The monoisotopic (exact) mass is 483 g/mol. The molecule has 0 saturated carbocycles. The van der Waals surface area contributed by atoms with Crippen molar-refractivity contribution in [3.8, 4) is 5.75 Å². The molecule has 11 N–H and O–H groups in total. The molecule has 34 heavy (non-hydrogen) atoms. The van der Waals surface area contributed by atoms with Gasteiger partial charge in [-0.3, -0.25) is 14.4 Å². The standard InChI is InChI=1S/C21H33N5O8/c22-8-2-1-3-15(24-18(30)14(23)9-12-4-6-13(29)7-5-12)19(31)25-16(10-27)20(32)26-17(11-28)21(33)34/h4-7,14-17,27-29H,1-3,8-11,22-23H2,(H,24,30)(H,25,31)(H,26,32)(H,33,34). The summed E-state index contributed by atoms with van der Waals surface area (Å²) in [5.74, 6) is -3.86. The summed E-state index contributed by atoms with van der Waals surface area (Å²) in [6.45, 7) is -1.37. The van der Waals surface area contributed by atoms with Gasteiger partial charge in [-0.25, -0.2) is 4.79 Å². The summed E-state index contributed by atoms with van der Waals surface area (Å²) < 4.78 is 0. The highest BCUT2D eigenvalue weighted by atomic mass is 16.4. The molecule has 0 bridgehead atoms. The smallest absolute Gasteiger partial charge is 0.328 e. The number of rotatable bonds is 15. The van der Waals surface area contributed by atoms with Crippen molar-refractivity contribution in [1.82, 2.24) is 16.0 Å². The maximum Gasteiger partial charge on any atom is 0.328 e. The van der Waals surface area contributed by atoms with Crippen LogP contribution in [0.5, 0.6) is 5.75 Å². The summed E-state index contributed by atoms with van der Waals surface area (Å²) in [5, 5.41) is 43.6. The van der Waals surface area contributed by atoms with E-state index in [1.54, 1.807) is 12.1 Å². The Kier molecular flexibility index (Phi) is 12.5. The van der Waals surface area contributed by atoms with Crippen molar-refractivity contribution in [3.63, 3.8) is 0 Å². The molecule has 13 heteroatoms. The topological polar surface area (TPSA) is 237 Å². The lowest BCUT2D eigenvalue weighted by molar-refractivity contribution is -0.143. The predicted molar refractivity (Wildman–Crippen MR) is 120 cm³/mol. The van der Waals surface area contributed by atoms with E-state index in [0.29, 0.717) is 24.9 Å². The van der Waals surface area contributed by atoms with E-state index in [2.05, 4.69) is 10.6 Å². The number of hydrogen-bond acceptors (Lipinski definition) is 9. The van der Waals surface area contributed by atoms with Gasteiger partial charge in [0.1, 0.15) is 23.9 Å². The Bertz CT molecular complexity index is 820. The quantitative estimate of drug-likeness (QED) is 0.114. The average Bonchev–Trinajstić information content (AvgIpc) is 2.81. The minimum atomic E-state index is -1.61. The van der Waals surface area contributed by atoms with Crippen LogP contribution in [0.25, 0.3) is 0 Å². The lowest BCUT2D eigenvalue weighted by Crippen LogP contribution is -2.58. The van der Waals surface area contributed by atoms with Crippen LogP contribution in [0.1, 0.15) is 24.8 Å². The van der Waals surface area contributed by atoms with Gasteiger partial charge in [0.05, 0.1) is 19.3 Å². The molecule has 0 fully saturated rings. The van der Waals surface area contributed by atoms with Crippen LogP contribution < -0.4 is 27.4 Å². The van der Waals surface area contributed by atoms with Crippen molar-refractivity contribution in [2.75, 3.05) is 19.8 Å². The van der Waals surface area contributed by atoms with E-state index in [1.807, 2.05) is 5.32 Å². The van der Waals surface area contributed by atoms with Crippen molar-refractivity contribution in [1.29, 1.82) is 0 Å². The number of carbonyl (C=O) groups is 4. The van der Waals surface area contributed by atoms with Gasteiger partial charge < -0.3 is 47.8 Å². The number of benzene rings is 1. The molecule has 13 nitrogen and oxygen atoms in total. The summed E-state index contributed by atoms with van der Waals surface area (Å²) >= 11 is 0. The van der Waals surface area contributed by atoms with E-state index in [0.717, 1.165) is 0 Å². The number of aromatic hydroxyl groups is 1. The zero-order chi connectivity index (χ0) is 25.7. The average molecular weight is 484 g/mol. The van der Waals surface area contributed by atoms with Crippen LogP contribution in [0.3, 0.4) is 0 Å². The summed E-state index contributed by atoms with van der Waals surface area (Å²) in [5.41, 5.74) is 12.1. The molecule has 0 saturated heterocycles. The number of aliphatic hydroxyl groups excluding tert-OH is 2. The van der Waals surface area contributed by atoms with E-state index >= 15 is 0 Å². The highest BCUT2D eigenvalue weighted by Gasteiger charge is 2.29. The minimum absolute atomic E-state index is 0.0644. The molecule has 0 aliphatic rings. The molecular formula is C21H33N5O8. The molecule has 1 rings (SSSR count). The molecule has 0 heterocycles. The van der Waals surface area contributed by atoms with Crippen molar-refractivity contribution in [2.45, 2.75) is 49.9 Å². The van der Waals surface area contributed by atoms with Crippen LogP contribution in [-0.4, -0.2) is 88.0 Å². The molecule has 0 aliphatic carbocycles. The summed E-state index contributed by atoms with van der Waals surface area (Å²) in [6, 6.07) is 0.886. The van der Waals surface area contributed by atoms with E-state index in [9.17, 15) is 29.4 Å². The van der Waals surface area contributed by atoms with E-state index in [1.165, 1.54) is 12.1 Å². The van der Waals surface area contributed by atoms with Gasteiger partial charge in [-0.15, -0.1) is 0 Å². The Morgan fingerprint density at radius 3 is 1.88 bits per heavy atom. The Morgan fingerprint density at radius 1 is 0.824 bits per heavy atom. The van der Waals surface area contributed by atoms with Gasteiger partial charge in [-0.05, 0) is 49.9 Å². The number of phenolic OH excluding ortho intramolecular Hbond substituents is 1. The SMILES string of the molecule is NCCCCC(NC(=O)C(N)Cc1ccc(O)cc1)C(=O)NC(CO)C(=O)NC(CO)C(=O)O. The molecule has 4 atom stereocenters. The van der Waals surface area contributed by atoms with Crippen molar-refractivity contribution >= 4 is 23.7 Å². The van der Waals surface area contributed by atoms with E-state index < -0.39 is 61.1 Å². The fourth-order valence-corrected chi connectivity index (χ4v) is 2.94. The number of hydrogen-bond donors (Lipinski definition) is 9. The second-order valence-corrected chi connectivity index (χ2v) is 7.65. The van der Waals surface area contributed by atoms with Crippen LogP contribution in [-0.2, 0) is 25.6 Å². The molecule has 0 aromatic heterocycles. The van der Waals surface area contributed by atoms with Gasteiger partial charge in [-0.2, -0.15) is 0 Å². The first kappa shape index (κ1) is 28.8. The van der Waals surface area contributed by atoms with Gasteiger partial charge in [0.2, 0.25) is 17.7 Å². The molecular weight excluding hydrogens is 450 g/mol. The molecule has 4 unspecified atom stereocenters. The lowest BCUT2D eigenvalue weighted by Gasteiger charge is -2.24. The third-order valence-electron chi connectivity index (χ3n) is 4.92. The number of amides is 3. The molecule has 0 radical (unpaired) electrons. The first-order valence-corrected chi connectivity index (χ1v) is 10.7. The number of aliphatic hydroxyl groups is 2. The van der Waals surface area contributed by atoms with Crippen LogP contribution in [0.4, 0.5) is 0 Å². The van der Waals surface area contributed by atoms with Crippen LogP contribution in [0.15, 0.2) is 24.3 Å². The minimum Gasteiger partial charge on any atom is -0.508 e. The van der Waals surface area contributed by atoms with Gasteiger partial charge in [-0.1, -0.05) is 12.1 Å². The zero-order valence-corrected chi connectivity index (χ0v) is 18.6. The molecule has 190 valence electrons. The van der Waals surface area contributed by atoms with Gasteiger partial charge in [0, 0.05) is 0 Å². The second-order valence-electron chi connectivity index (χ2n) is 7.65. The third kappa shape index (κ3) is 9.70. The number of carboxylic acids is 1. The Balaban J connectivity index is 2.83. The first-order valence-electron chi connectivity index (χ1n) is 10.7. The number of nitrogens with one attached hydrogen (secondary N) is 3. The van der Waals surface area contributed by atoms with Crippen LogP contribution >= 0.6 is 0 Å².